The van der Waals surface area contributed by atoms with Crippen LogP contribution in [0.4, 0.5) is 13.2 Å². The number of aromatic carboxylic acids is 1. The number of carboxylic acid groups (broad SMARTS) is 1. The quantitative estimate of drug-likeness (QED) is 0.818. The minimum atomic E-state index is -4.68. The Bertz CT molecular complexity index is 469. The molecule has 1 aromatic rings. The number of alkyl halides is 3. The summed E-state index contributed by atoms with van der Waals surface area (Å²) in [5.41, 5.74) is -1.55. The number of ether oxygens (including phenoxy) is 2. The predicted molar refractivity (Wildman–Crippen MR) is 65.0 cm³/mol. The molecule has 0 heterocycles. The molecule has 20 heavy (non-hydrogen) atoms. The maximum atomic E-state index is 12.8. The van der Waals surface area contributed by atoms with Gasteiger partial charge in [-0.2, -0.15) is 13.2 Å². The average Bonchev–Trinajstić information content (AvgIpc) is 2.33. The Hall–Kier alpha value is -1.76. The molecule has 1 rings (SSSR count). The molecule has 0 saturated carbocycles. The van der Waals surface area contributed by atoms with Crippen molar-refractivity contribution < 1.29 is 32.5 Å². The Morgan fingerprint density at radius 3 is 2.45 bits per heavy atom. The van der Waals surface area contributed by atoms with Crippen molar-refractivity contribution in [1.29, 1.82) is 0 Å². The highest BCUT2D eigenvalue weighted by Gasteiger charge is 2.35. The van der Waals surface area contributed by atoms with E-state index in [4.69, 9.17) is 14.6 Å². The molecule has 1 N–H and O–H groups in total. The number of benzene rings is 1. The average molecular weight is 292 g/mol. The number of halogens is 3. The second-order valence-corrected chi connectivity index (χ2v) is 4.28. The van der Waals surface area contributed by atoms with Crippen LogP contribution in [0.1, 0.15) is 29.8 Å². The smallest absolute Gasteiger partial charge is 0.419 e. The van der Waals surface area contributed by atoms with Gasteiger partial charge in [-0.15, -0.1) is 0 Å². The van der Waals surface area contributed by atoms with Gasteiger partial charge < -0.3 is 14.6 Å². The zero-order chi connectivity index (χ0) is 15.3. The highest BCUT2D eigenvalue weighted by molar-refractivity contribution is 5.88. The van der Waals surface area contributed by atoms with Gasteiger partial charge in [0.05, 0.1) is 23.8 Å². The highest BCUT2D eigenvalue weighted by atomic mass is 19.4. The Kier molecular flexibility index (Phi) is 5.38. The largest absolute Gasteiger partial charge is 0.491 e. The third-order valence-corrected chi connectivity index (χ3v) is 2.32. The van der Waals surface area contributed by atoms with E-state index in [1.807, 2.05) is 0 Å². The molecule has 0 aliphatic carbocycles. The molecule has 0 spiro atoms. The summed E-state index contributed by atoms with van der Waals surface area (Å²) in [6.45, 7) is 3.69. The summed E-state index contributed by atoms with van der Waals surface area (Å²) in [7, 11) is 0. The van der Waals surface area contributed by atoms with E-state index in [1.54, 1.807) is 13.8 Å². The van der Waals surface area contributed by atoms with Gasteiger partial charge in [0.25, 0.3) is 0 Å². The van der Waals surface area contributed by atoms with Crippen molar-refractivity contribution in [3.8, 4) is 5.75 Å². The maximum absolute atomic E-state index is 12.8. The second kappa shape index (κ2) is 6.60. The molecular weight excluding hydrogens is 277 g/mol. The molecule has 0 unspecified atom stereocenters. The van der Waals surface area contributed by atoms with Crippen LogP contribution >= 0.6 is 0 Å². The lowest BCUT2D eigenvalue weighted by atomic mass is 10.1. The van der Waals surface area contributed by atoms with Gasteiger partial charge >= 0.3 is 12.1 Å². The first-order valence-electron chi connectivity index (χ1n) is 5.90. The summed E-state index contributed by atoms with van der Waals surface area (Å²) in [5.74, 6) is -1.83. The molecule has 0 saturated heterocycles. The van der Waals surface area contributed by atoms with Gasteiger partial charge in [0.2, 0.25) is 0 Å². The van der Waals surface area contributed by atoms with Crippen LogP contribution in [0, 0.1) is 0 Å². The summed E-state index contributed by atoms with van der Waals surface area (Å²) in [4.78, 5) is 10.7. The molecule has 0 radical (unpaired) electrons. The van der Waals surface area contributed by atoms with E-state index in [2.05, 4.69) is 0 Å². The second-order valence-electron chi connectivity index (χ2n) is 4.28. The summed E-state index contributed by atoms with van der Waals surface area (Å²) < 4.78 is 48.6. The van der Waals surface area contributed by atoms with Crippen LogP contribution < -0.4 is 4.74 Å². The standard InChI is InChI=1S/C13H15F3O4/c1-8(2)19-5-6-20-11-4-3-9(12(17)18)7-10(11)13(14,15)16/h3-4,7-8H,5-6H2,1-2H3,(H,17,18). The summed E-state index contributed by atoms with van der Waals surface area (Å²) in [6, 6.07) is 2.62. The first-order chi connectivity index (χ1) is 9.21. The van der Waals surface area contributed by atoms with Gasteiger partial charge in [-0.1, -0.05) is 0 Å². The van der Waals surface area contributed by atoms with Crippen molar-refractivity contribution in [1.82, 2.24) is 0 Å². The van der Waals surface area contributed by atoms with E-state index in [-0.39, 0.29) is 19.3 Å². The van der Waals surface area contributed by atoms with Crippen LogP contribution in [0.2, 0.25) is 0 Å². The number of carbonyl (C=O) groups is 1. The van der Waals surface area contributed by atoms with Crippen LogP contribution in [-0.2, 0) is 10.9 Å². The Morgan fingerprint density at radius 2 is 1.95 bits per heavy atom. The van der Waals surface area contributed by atoms with Crippen molar-refractivity contribution in [2.75, 3.05) is 13.2 Å². The minimum absolute atomic E-state index is 0.0462. The predicted octanol–water partition coefficient (Wildman–Crippen LogP) is 3.21. The normalized spacial score (nSPS) is 11.7. The van der Waals surface area contributed by atoms with E-state index < -0.39 is 29.0 Å². The van der Waals surface area contributed by atoms with Crippen LogP contribution in [0.25, 0.3) is 0 Å². The van der Waals surface area contributed by atoms with Crippen molar-refractivity contribution in [2.45, 2.75) is 26.1 Å². The molecule has 0 fully saturated rings. The molecule has 0 atom stereocenters. The number of hydrogen-bond acceptors (Lipinski definition) is 3. The fourth-order valence-electron chi connectivity index (χ4n) is 1.45. The van der Waals surface area contributed by atoms with E-state index in [1.165, 1.54) is 0 Å². The van der Waals surface area contributed by atoms with Gasteiger partial charge in [0.1, 0.15) is 12.4 Å². The van der Waals surface area contributed by atoms with Gasteiger partial charge in [-0.25, -0.2) is 4.79 Å². The number of hydrogen-bond donors (Lipinski definition) is 1. The van der Waals surface area contributed by atoms with E-state index in [0.29, 0.717) is 6.07 Å². The molecule has 7 heteroatoms. The van der Waals surface area contributed by atoms with Crippen LogP contribution in [0.5, 0.6) is 5.75 Å². The van der Waals surface area contributed by atoms with E-state index in [9.17, 15) is 18.0 Å². The molecule has 0 aromatic heterocycles. The van der Waals surface area contributed by atoms with Gasteiger partial charge in [0.15, 0.2) is 0 Å². The molecule has 0 aliphatic rings. The topological polar surface area (TPSA) is 55.8 Å². The Morgan fingerprint density at radius 1 is 1.30 bits per heavy atom. The van der Waals surface area contributed by atoms with Crippen LogP contribution in [-0.4, -0.2) is 30.4 Å². The zero-order valence-electron chi connectivity index (χ0n) is 11.0. The number of carboxylic acids is 1. The molecule has 0 amide bonds. The first-order valence-corrected chi connectivity index (χ1v) is 5.90. The SMILES string of the molecule is CC(C)OCCOc1ccc(C(=O)O)cc1C(F)(F)F. The molecular formula is C13H15F3O4. The lowest BCUT2D eigenvalue weighted by Gasteiger charge is -2.15. The molecule has 0 aliphatic heterocycles. The Balaban J connectivity index is 2.87. The van der Waals surface area contributed by atoms with E-state index >= 15 is 0 Å². The third kappa shape index (κ3) is 4.73. The van der Waals surface area contributed by atoms with E-state index in [0.717, 1.165) is 12.1 Å². The van der Waals surface area contributed by atoms with Gasteiger partial charge in [-0.3, -0.25) is 0 Å². The van der Waals surface area contributed by atoms with Crippen molar-refractivity contribution in [3.05, 3.63) is 29.3 Å². The fourth-order valence-corrected chi connectivity index (χ4v) is 1.45. The molecule has 0 bridgehead atoms. The Labute approximate surface area is 114 Å². The van der Waals surface area contributed by atoms with Crippen LogP contribution in [0.3, 0.4) is 0 Å². The minimum Gasteiger partial charge on any atom is -0.491 e. The first kappa shape index (κ1) is 16.3. The van der Waals surface area contributed by atoms with Crippen molar-refractivity contribution in [2.24, 2.45) is 0 Å². The van der Waals surface area contributed by atoms with Gasteiger partial charge in [-0.05, 0) is 32.0 Å². The monoisotopic (exact) mass is 292 g/mol. The lowest BCUT2D eigenvalue weighted by molar-refractivity contribution is -0.139. The van der Waals surface area contributed by atoms with Crippen molar-refractivity contribution in [3.63, 3.8) is 0 Å². The molecule has 112 valence electrons. The lowest BCUT2D eigenvalue weighted by Crippen LogP contribution is -2.15. The van der Waals surface area contributed by atoms with Gasteiger partial charge in [0, 0.05) is 0 Å². The van der Waals surface area contributed by atoms with Crippen LogP contribution in [0.15, 0.2) is 18.2 Å². The maximum Gasteiger partial charge on any atom is 0.419 e. The van der Waals surface area contributed by atoms with Crippen molar-refractivity contribution >= 4 is 5.97 Å². The summed E-state index contributed by atoms with van der Waals surface area (Å²) in [6.07, 6.45) is -4.73. The zero-order valence-corrected chi connectivity index (χ0v) is 11.0. The molecule has 1 aromatic carbocycles. The number of rotatable bonds is 6. The molecule has 4 nitrogen and oxygen atoms in total. The highest BCUT2D eigenvalue weighted by Crippen LogP contribution is 2.36. The third-order valence-electron chi connectivity index (χ3n) is 2.32. The fraction of sp³-hybridized carbons (Fsp3) is 0.462. The summed E-state index contributed by atoms with van der Waals surface area (Å²) in [5, 5.41) is 8.71. The summed E-state index contributed by atoms with van der Waals surface area (Å²) >= 11 is 0.